The predicted octanol–water partition coefficient (Wildman–Crippen LogP) is -0.108. The molecule has 0 aromatic rings. The van der Waals surface area contributed by atoms with E-state index in [2.05, 4.69) is 52.9 Å². The first-order valence-electron chi connectivity index (χ1n) is 7.94. The summed E-state index contributed by atoms with van der Waals surface area (Å²) in [7, 11) is 0. The van der Waals surface area contributed by atoms with Gasteiger partial charge in [-0.2, -0.15) is 0 Å². The van der Waals surface area contributed by atoms with Crippen LogP contribution in [0.15, 0.2) is 41.0 Å². The van der Waals surface area contributed by atoms with E-state index < -0.39 is 20.4 Å². The molecule has 0 bridgehead atoms. The van der Waals surface area contributed by atoms with Gasteiger partial charge in [0, 0.05) is 0 Å². The van der Waals surface area contributed by atoms with Gasteiger partial charge < -0.3 is 24.8 Å². The van der Waals surface area contributed by atoms with E-state index in [0.29, 0.717) is 0 Å². The summed E-state index contributed by atoms with van der Waals surface area (Å²) in [6.07, 6.45) is 10.1. The van der Waals surface area contributed by atoms with Crippen LogP contribution in [0, 0.1) is 0 Å². The van der Waals surface area contributed by atoms with Gasteiger partial charge in [0.15, 0.2) is 0 Å². The van der Waals surface area contributed by atoms with Gasteiger partial charge in [0.25, 0.3) is 0 Å². The van der Waals surface area contributed by atoms with Gasteiger partial charge in [0.05, 0.1) is 0 Å². The maximum absolute atomic E-state index is 2.58. The van der Waals surface area contributed by atoms with E-state index in [-0.39, 0.29) is 30.2 Å². The molecule has 4 heteroatoms. The van der Waals surface area contributed by atoms with Gasteiger partial charge in [-0.3, -0.25) is 0 Å². The van der Waals surface area contributed by atoms with Gasteiger partial charge in [-0.25, -0.2) is 0 Å². The molecule has 0 aromatic heterocycles. The van der Waals surface area contributed by atoms with Crippen LogP contribution in [0.5, 0.6) is 0 Å². The molecule has 2 aliphatic rings. The van der Waals surface area contributed by atoms with Crippen molar-refractivity contribution in [2.75, 3.05) is 0 Å². The fourth-order valence-corrected chi connectivity index (χ4v) is 22.3. The number of allylic oxidation sites excluding steroid dienone is 8. The zero-order chi connectivity index (χ0) is 14.9. The van der Waals surface area contributed by atoms with E-state index in [0.717, 1.165) is 0 Å². The number of halogens is 2. The maximum Gasteiger partial charge on any atom is -1.00 e. The summed E-state index contributed by atoms with van der Waals surface area (Å²) in [5, 5.41) is 0. The average molecular weight is 435 g/mol. The van der Waals surface area contributed by atoms with E-state index in [1.54, 1.807) is 22.3 Å². The quantitative estimate of drug-likeness (QED) is 0.542. The third-order valence-electron chi connectivity index (χ3n) is 4.50. The Labute approximate surface area is 157 Å². The van der Waals surface area contributed by atoms with Crippen LogP contribution in [0.4, 0.5) is 0 Å². The number of hydrogen-bond acceptors (Lipinski definition) is 0. The van der Waals surface area contributed by atoms with Crippen molar-refractivity contribution in [2.24, 2.45) is 0 Å². The standard InChI is InChI=1S/C9H13.C7H9.C2H6Si.2ClH.Zr/c1-3-8-5-6-9(4-2)7-8;1-6-3-4-7(2)5-6;1-3-2;;;/h7H,3-5H2,1-2H3;5H,3H2,1-2H3;1-2H3;2*1H;/q;;;;;+2/p-2. The molecule has 0 aliphatic heterocycles. The second-order valence-corrected chi connectivity index (χ2v) is 23.5. The van der Waals surface area contributed by atoms with Gasteiger partial charge in [-0.1, -0.05) is 0 Å². The fourth-order valence-electron chi connectivity index (χ4n) is 3.51. The summed E-state index contributed by atoms with van der Waals surface area (Å²) in [5.41, 5.74) is 6.50. The molecule has 0 fully saturated rings. The van der Waals surface area contributed by atoms with Crippen molar-refractivity contribution in [3.8, 4) is 0 Å². The molecular formula is C18H28Cl2SiZr. The minimum Gasteiger partial charge on any atom is -1.00 e. The van der Waals surface area contributed by atoms with Gasteiger partial charge >= 0.3 is 133 Å². The van der Waals surface area contributed by atoms with Crippen molar-refractivity contribution in [2.45, 2.75) is 66.5 Å². The van der Waals surface area contributed by atoms with Crippen molar-refractivity contribution >= 4 is 5.43 Å². The molecule has 0 amide bonds. The topological polar surface area (TPSA) is 0 Å². The normalized spacial score (nSPS) is 16.6. The molecule has 0 heterocycles. The van der Waals surface area contributed by atoms with Crippen molar-refractivity contribution in [3.05, 3.63) is 41.0 Å². The van der Waals surface area contributed by atoms with Gasteiger partial charge in [-0.15, -0.1) is 0 Å². The Kier molecular flexibility index (Phi) is 10.1. The summed E-state index contributed by atoms with van der Waals surface area (Å²) in [6, 6.07) is 0. The predicted molar refractivity (Wildman–Crippen MR) is 88.9 cm³/mol. The molecule has 122 valence electrons. The maximum atomic E-state index is 2.58. The zero-order valence-electron chi connectivity index (χ0n) is 14.7. The Morgan fingerprint density at radius 2 is 1.59 bits per heavy atom. The van der Waals surface area contributed by atoms with Crippen LogP contribution in [-0.4, -0.2) is 5.43 Å². The molecule has 0 radical (unpaired) electrons. The van der Waals surface area contributed by atoms with E-state index >= 15 is 0 Å². The largest absolute Gasteiger partial charge is 1.00 e. The summed E-state index contributed by atoms with van der Waals surface area (Å²) >= 11 is -1.56. The van der Waals surface area contributed by atoms with E-state index in [1.807, 2.05) is 6.56 Å². The van der Waals surface area contributed by atoms with Crippen LogP contribution in [0.1, 0.15) is 53.4 Å². The summed E-state index contributed by atoms with van der Waals surface area (Å²) in [5.74, 6) is 0. The third-order valence-corrected chi connectivity index (χ3v) is 22.0. The molecule has 0 atom stereocenters. The number of rotatable bonds is 4. The van der Waals surface area contributed by atoms with Gasteiger partial charge in [-0.05, 0) is 0 Å². The minimum absolute atomic E-state index is 0. The Hall–Kier alpha value is 0.640. The fraction of sp³-hybridized carbons (Fsp3) is 0.556. The van der Waals surface area contributed by atoms with E-state index in [9.17, 15) is 0 Å². The molecule has 0 spiro atoms. The van der Waals surface area contributed by atoms with Crippen molar-refractivity contribution in [1.29, 1.82) is 0 Å². The monoisotopic (exact) mass is 432 g/mol. The van der Waals surface area contributed by atoms with Crippen molar-refractivity contribution in [1.82, 2.24) is 0 Å². The second-order valence-electron chi connectivity index (χ2n) is 6.39. The van der Waals surface area contributed by atoms with E-state index in [4.69, 9.17) is 0 Å². The van der Waals surface area contributed by atoms with Crippen molar-refractivity contribution < 1.29 is 45.2 Å². The number of hydrogen-bond donors (Lipinski definition) is 0. The van der Waals surface area contributed by atoms with Crippen molar-refractivity contribution in [3.63, 3.8) is 0 Å². The first-order valence-corrected chi connectivity index (χ1v) is 16.6. The Bertz CT molecular complexity index is 588. The summed E-state index contributed by atoms with van der Waals surface area (Å²) < 4.78 is 3.89. The smallest absolute Gasteiger partial charge is 1.00 e. The van der Waals surface area contributed by atoms with Crippen LogP contribution in [-0.2, 0) is 20.4 Å². The first kappa shape index (κ1) is 22.6. The van der Waals surface area contributed by atoms with E-state index in [1.165, 1.54) is 25.7 Å². The molecule has 2 rings (SSSR count). The Morgan fingerprint density at radius 1 is 0.955 bits per heavy atom. The average Bonchev–Trinajstić information content (AvgIpc) is 2.93. The minimum atomic E-state index is -1.56. The molecular weight excluding hydrogens is 406 g/mol. The molecule has 2 aliphatic carbocycles. The van der Waals surface area contributed by atoms with Crippen LogP contribution < -0.4 is 24.8 Å². The SMILES string of the molecule is CCC1=CC(CC)=[C]([Zr+2]([C]2=C(C)C=C(C)C2)=[Si](C)C)C1.[Cl-].[Cl-]. The van der Waals surface area contributed by atoms with Gasteiger partial charge in [0.1, 0.15) is 0 Å². The Morgan fingerprint density at radius 3 is 2.00 bits per heavy atom. The van der Waals surface area contributed by atoms with Gasteiger partial charge in [0.2, 0.25) is 0 Å². The second kappa shape index (κ2) is 9.82. The third kappa shape index (κ3) is 4.82. The molecule has 0 saturated carbocycles. The van der Waals surface area contributed by atoms with Crippen LogP contribution in [0.25, 0.3) is 0 Å². The molecule has 0 unspecified atom stereocenters. The molecule has 0 saturated heterocycles. The molecule has 0 N–H and O–H groups in total. The molecule has 0 nitrogen and oxygen atoms in total. The first-order chi connectivity index (χ1) is 9.47. The summed E-state index contributed by atoms with van der Waals surface area (Å²) in [6.45, 7) is 14.5. The van der Waals surface area contributed by atoms with Crippen LogP contribution in [0.3, 0.4) is 0 Å². The molecule has 22 heavy (non-hydrogen) atoms. The van der Waals surface area contributed by atoms with Crippen LogP contribution in [0.2, 0.25) is 13.1 Å². The zero-order valence-corrected chi connectivity index (χ0v) is 19.7. The molecule has 0 aromatic carbocycles. The summed E-state index contributed by atoms with van der Waals surface area (Å²) in [4.78, 5) is 0. The van der Waals surface area contributed by atoms with Crippen LogP contribution >= 0.6 is 0 Å². The Balaban J connectivity index is 0.00000220.